The van der Waals surface area contributed by atoms with E-state index in [2.05, 4.69) is 251 Å². The van der Waals surface area contributed by atoms with Crippen molar-refractivity contribution in [3.63, 3.8) is 0 Å². The van der Waals surface area contributed by atoms with Gasteiger partial charge in [-0.05, 0) is 144 Å². The van der Waals surface area contributed by atoms with Crippen LogP contribution in [0.3, 0.4) is 0 Å². The van der Waals surface area contributed by atoms with Crippen LogP contribution in [-0.2, 0) is 87.6 Å². The first-order valence-corrected chi connectivity index (χ1v) is 31.6. The average Bonchev–Trinajstić information content (AvgIpc) is 1.55. The standard InChI is InChI=1S/C80H97N4O5.Zn/c1-45(85)88-80(89-46(2)86)70-68(50-39-57(78(21,22)23)44-58(40-50)79(24,25)26)64-32-30-62(83-64)66(48-35-53(74(9,10)11)42-54(36-48)75(12,13)14)60-28-27-59(81-60)65(47-33-51(72(3,4)5)41-52(34-47)73(6,7)8)61-29-31-63(82-61)67(69(84-70)71(80)87)49-37-55(76(15,16)17)43-56(38-49)77(18,19)20;/h27-44H,1-26H3,(H-,81,82,83,84,87);/q-1;+2/p-1. The number of rotatable bonds is 6. The molecule has 8 bridgehead atoms. The zero-order valence-corrected chi connectivity index (χ0v) is 61.9. The molecule has 468 valence electrons. The summed E-state index contributed by atoms with van der Waals surface area (Å²) in [4.78, 5) is 67.8. The number of Topliss-reactive ketones (excluding diaryl/α,β-unsaturated/α-hetero) is 1. The SMILES string of the molecule is CC(=O)OC1(OC(C)=O)C(=O)c2nc1c(-c1cc(C(C)(C)C)cc(C(C)(C)C)c1)c1ccc([n-]1)c(-c1cc(C(C)(C)C)cc(C(C)(C)C)c1)c1nc(c(-c3cc(C(C)(C)C)cc(C(C)(C)C)c3)c3ccc([n-]3)c2-c2cc(C(C)(C)C)cc(C(C)(C)C)c2)C=C1.[Zn+2]. The second kappa shape index (κ2) is 23.3. The predicted octanol–water partition coefficient (Wildman–Crippen LogP) is 20.0. The predicted molar refractivity (Wildman–Crippen MR) is 369 cm³/mol. The number of carbonyl (C=O) groups is 3. The number of fused-ring (bicyclic) bond motifs is 8. The van der Waals surface area contributed by atoms with Gasteiger partial charge in [0.15, 0.2) is 0 Å². The van der Waals surface area contributed by atoms with E-state index in [-0.39, 0.29) is 74.2 Å². The summed E-state index contributed by atoms with van der Waals surface area (Å²) in [5.74, 6) is -5.30. The molecule has 0 saturated carbocycles. The first-order chi connectivity index (χ1) is 40.6. The van der Waals surface area contributed by atoms with Gasteiger partial charge in [-0.3, -0.25) is 14.4 Å². The second-order valence-corrected chi connectivity index (χ2v) is 33.3. The molecule has 0 amide bonds. The van der Waals surface area contributed by atoms with Crippen LogP contribution in [0.5, 0.6) is 0 Å². The number of benzene rings is 4. The number of nitrogens with zero attached hydrogens (tertiary/aromatic N) is 4. The van der Waals surface area contributed by atoms with Crippen molar-refractivity contribution in [2.45, 2.75) is 229 Å². The van der Waals surface area contributed by atoms with E-state index in [0.717, 1.165) is 66.8 Å². The number of hydrogen-bond donors (Lipinski definition) is 0. The molecular weight excluding hydrogens is 1160 g/mol. The molecule has 0 spiro atoms. The topological polar surface area (TPSA) is 124 Å². The number of carbonyl (C=O) groups excluding carboxylic acids is 3. The number of ether oxygens (including phenoxy) is 2. The number of aromatic nitrogens is 4. The van der Waals surface area contributed by atoms with E-state index in [1.54, 1.807) is 0 Å². The Morgan fingerprint density at radius 3 is 0.844 bits per heavy atom. The summed E-state index contributed by atoms with van der Waals surface area (Å²) in [5, 5.41) is 0. The van der Waals surface area contributed by atoms with Crippen molar-refractivity contribution in [2.24, 2.45) is 0 Å². The van der Waals surface area contributed by atoms with Crippen LogP contribution in [0.4, 0.5) is 0 Å². The number of ketones is 1. The van der Waals surface area contributed by atoms with Gasteiger partial charge in [-0.2, -0.15) is 0 Å². The summed E-state index contributed by atoms with van der Waals surface area (Å²) < 4.78 is 12.8. The van der Waals surface area contributed by atoms with Gasteiger partial charge in [0.2, 0.25) is 0 Å². The summed E-state index contributed by atoms with van der Waals surface area (Å²) in [7, 11) is 0. The van der Waals surface area contributed by atoms with Gasteiger partial charge in [-0.15, -0.1) is 22.1 Å². The Kier molecular flexibility index (Phi) is 17.8. The molecule has 4 aromatic carbocycles. The van der Waals surface area contributed by atoms with E-state index in [4.69, 9.17) is 29.4 Å². The molecule has 9 rings (SSSR count). The number of hydrogen-bond acceptors (Lipinski definition) is 7. The van der Waals surface area contributed by atoms with Gasteiger partial charge in [-0.25, -0.2) is 9.97 Å². The minimum absolute atomic E-state index is 0. The Morgan fingerprint density at radius 1 is 0.356 bits per heavy atom. The largest absolute Gasteiger partial charge is 2.00 e. The molecule has 0 aliphatic carbocycles. The fraction of sp³-hybridized carbons (Fsp3) is 0.438. The van der Waals surface area contributed by atoms with Crippen molar-refractivity contribution < 1.29 is 43.3 Å². The Balaban J connectivity index is 0.0000105. The smallest absolute Gasteiger partial charge is 0.657 e. The van der Waals surface area contributed by atoms with Crippen LogP contribution >= 0.6 is 0 Å². The van der Waals surface area contributed by atoms with Gasteiger partial charge in [0.05, 0.1) is 11.4 Å². The number of esters is 2. The van der Waals surface area contributed by atoms with Crippen molar-refractivity contribution in [1.29, 1.82) is 0 Å². The van der Waals surface area contributed by atoms with Gasteiger partial charge < -0.3 is 19.4 Å². The van der Waals surface area contributed by atoms with Crippen molar-refractivity contribution in [1.82, 2.24) is 19.9 Å². The first-order valence-electron chi connectivity index (χ1n) is 31.6. The fourth-order valence-corrected chi connectivity index (χ4v) is 11.6. The third-order valence-corrected chi connectivity index (χ3v) is 17.4. The monoisotopic (exact) mass is 1260 g/mol. The van der Waals surface area contributed by atoms with Gasteiger partial charge in [0.1, 0.15) is 11.4 Å². The van der Waals surface area contributed by atoms with E-state index < -0.39 is 23.5 Å². The molecule has 3 aromatic heterocycles. The molecule has 0 N–H and O–H groups in total. The molecule has 0 atom stereocenters. The van der Waals surface area contributed by atoms with Crippen molar-refractivity contribution in [2.75, 3.05) is 0 Å². The molecular formula is C80H96N4O5Zn. The third kappa shape index (κ3) is 13.8. The molecule has 0 radical (unpaired) electrons. The molecule has 2 aliphatic heterocycles. The van der Waals surface area contributed by atoms with Crippen molar-refractivity contribution in [3.8, 4) is 44.5 Å². The average molecular weight is 1260 g/mol. The van der Waals surface area contributed by atoms with Gasteiger partial charge >= 0.3 is 37.2 Å². The Bertz CT molecular complexity index is 4100. The zero-order chi connectivity index (χ0) is 66.1. The zero-order valence-electron chi connectivity index (χ0n) is 58.9. The van der Waals surface area contributed by atoms with Crippen LogP contribution in [0, 0.1) is 0 Å². The van der Waals surface area contributed by atoms with Crippen LogP contribution in [-0.4, -0.2) is 27.7 Å². The summed E-state index contributed by atoms with van der Waals surface area (Å²) in [6.45, 7) is 55.3. The van der Waals surface area contributed by atoms with E-state index in [0.29, 0.717) is 55.7 Å². The van der Waals surface area contributed by atoms with Crippen molar-refractivity contribution >= 4 is 51.9 Å². The maximum absolute atomic E-state index is 16.8. The second-order valence-electron chi connectivity index (χ2n) is 33.3. The van der Waals surface area contributed by atoms with Crippen LogP contribution in [0.15, 0.2) is 97.1 Å². The molecule has 0 saturated heterocycles. The molecule has 9 nitrogen and oxygen atoms in total. The molecule has 90 heavy (non-hydrogen) atoms. The third-order valence-electron chi connectivity index (χ3n) is 17.4. The summed E-state index contributed by atoms with van der Waals surface area (Å²) in [6.07, 6.45) is 4.21. The van der Waals surface area contributed by atoms with Crippen LogP contribution in [0.25, 0.3) is 78.7 Å². The fourth-order valence-electron chi connectivity index (χ4n) is 11.6. The quantitative estimate of drug-likeness (QED) is 0.0909. The molecule has 10 heteroatoms. The summed E-state index contributed by atoms with van der Waals surface area (Å²) >= 11 is 0. The molecule has 0 fully saturated rings. The first kappa shape index (κ1) is 68.9. The van der Waals surface area contributed by atoms with Gasteiger partial charge in [0.25, 0.3) is 5.78 Å². The summed E-state index contributed by atoms with van der Waals surface area (Å²) in [6, 6.07) is 34.5. The van der Waals surface area contributed by atoms with E-state index in [9.17, 15) is 9.59 Å². The Hall–Kier alpha value is -7.03. The van der Waals surface area contributed by atoms with Crippen molar-refractivity contribution in [3.05, 3.63) is 164 Å². The normalized spacial score (nSPS) is 14.2. The van der Waals surface area contributed by atoms with Gasteiger partial charge in [-0.1, -0.05) is 263 Å². The Labute approximate surface area is 549 Å². The van der Waals surface area contributed by atoms with Crippen LogP contribution in [0.2, 0.25) is 0 Å². The maximum atomic E-state index is 16.8. The summed E-state index contributed by atoms with van der Waals surface area (Å²) in [5.41, 5.74) is 15.0. The Morgan fingerprint density at radius 2 is 0.589 bits per heavy atom. The van der Waals surface area contributed by atoms with Crippen LogP contribution < -0.4 is 9.97 Å². The van der Waals surface area contributed by atoms with Gasteiger partial charge in [0, 0.05) is 13.8 Å². The maximum Gasteiger partial charge on any atom is 2.00 e. The molecule has 5 heterocycles. The van der Waals surface area contributed by atoms with Crippen LogP contribution in [0.1, 0.15) is 252 Å². The van der Waals surface area contributed by atoms with E-state index in [1.165, 1.54) is 13.8 Å². The molecule has 0 unspecified atom stereocenters. The minimum Gasteiger partial charge on any atom is -0.657 e. The minimum atomic E-state index is -2.74. The van der Waals surface area contributed by atoms with E-state index in [1.807, 2.05) is 24.3 Å². The molecule has 2 aliphatic rings. The molecule has 7 aromatic rings. The van der Waals surface area contributed by atoms with E-state index >= 15 is 4.79 Å².